The Labute approximate surface area is 142 Å². The highest BCUT2D eigenvalue weighted by molar-refractivity contribution is 6.31. The smallest absolute Gasteiger partial charge is 0.354 e. The highest BCUT2D eigenvalue weighted by atomic mass is 35.5. The fraction of sp³-hybridized carbons (Fsp3) is 0.533. The van der Waals surface area contributed by atoms with Crippen LogP contribution < -0.4 is 10.6 Å². The van der Waals surface area contributed by atoms with Crippen molar-refractivity contribution in [3.05, 3.63) is 34.6 Å². The molecule has 0 saturated carbocycles. The molecule has 2 N–H and O–H groups in total. The van der Waals surface area contributed by atoms with Gasteiger partial charge >= 0.3 is 6.18 Å². The number of rotatable bonds is 5. The average molecular weight is 368 g/mol. The summed E-state index contributed by atoms with van der Waals surface area (Å²) in [5.74, 6) is -1.36. The zero-order valence-corrected chi connectivity index (χ0v) is 13.6. The third-order valence-electron chi connectivity index (χ3n) is 3.86. The summed E-state index contributed by atoms with van der Waals surface area (Å²) in [5.41, 5.74) is -0.0256. The number of piperazine rings is 1. The highest BCUT2D eigenvalue weighted by Crippen LogP contribution is 2.25. The van der Waals surface area contributed by atoms with Crippen LogP contribution in [0.1, 0.15) is 5.56 Å². The number of nitrogens with one attached hydrogen (secondary N) is 2. The molecule has 1 amide bonds. The Morgan fingerprint density at radius 3 is 2.58 bits per heavy atom. The van der Waals surface area contributed by atoms with Gasteiger partial charge in [0.2, 0.25) is 5.91 Å². The molecule has 24 heavy (non-hydrogen) atoms. The second-order valence-corrected chi connectivity index (χ2v) is 5.93. The van der Waals surface area contributed by atoms with Gasteiger partial charge < -0.3 is 10.6 Å². The summed E-state index contributed by atoms with van der Waals surface area (Å²) in [6.07, 6.45) is -4.86. The minimum absolute atomic E-state index is 0.0256. The molecule has 134 valence electrons. The Morgan fingerprint density at radius 1 is 1.33 bits per heavy atom. The first-order valence-corrected chi connectivity index (χ1v) is 7.88. The van der Waals surface area contributed by atoms with Gasteiger partial charge in [0.25, 0.3) is 0 Å². The van der Waals surface area contributed by atoms with E-state index in [-0.39, 0.29) is 23.7 Å². The highest BCUT2D eigenvalue weighted by Gasteiger charge is 2.43. The van der Waals surface area contributed by atoms with Crippen LogP contribution in [0.25, 0.3) is 0 Å². The van der Waals surface area contributed by atoms with Gasteiger partial charge in [-0.25, -0.2) is 4.39 Å². The van der Waals surface area contributed by atoms with E-state index in [2.05, 4.69) is 10.6 Å². The van der Waals surface area contributed by atoms with Crippen LogP contribution in [0.3, 0.4) is 0 Å². The van der Waals surface area contributed by atoms with Crippen molar-refractivity contribution < 1.29 is 22.4 Å². The van der Waals surface area contributed by atoms with E-state index < -0.39 is 36.9 Å². The second kappa shape index (κ2) is 8.13. The fourth-order valence-electron chi connectivity index (χ4n) is 2.58. The van der Waals surface area contributed by atoms with Crippen molar-refractivity contribution >= 4 is 17.5 Å². The molecule has 0 spiro atoms. The number of nitrogens with zero attached hydrogens (tertiary/aromatic N) is 1. The van der Waals surface area contributed by atoms with Crippen LogP contribution >= 0.6 is 11.6 Å². The molecule has 1 fully saturated rings. The van der Waals surface area contributed by atoms with Crippen LogP contribution in [-0.2, 0) is 11.2 Å². The molecule has 4 nitrogen and oxygen atoms in total. The minimum Gasteiger partial charge on any atom is -0.354 e. The van der Waals surface area contributed by atoms with Crippen LogP contribution in [0.15, 0.2) is 18.2 Å². The maximum absolute atomic E-state index is 13.6. The van der Waals surface area contributed by atoms with Gasteiger partial charge in [0.05, 0.1) is 6.42 Å². The molecule has 1 aromatic carbocycles. The van der Waals surface area contributed by atoms with Gasteiger partial charge in [-0.2, -0.15) is 13.2 Å². The molecule has 1 heterocycles. The number of hydrogen-bond donors (Lipinski definition) is 2. The van der Waals surface area contributed by atoms with Crippen molar-refractivity contribution in [3.63, 3.8) is 0 Å². The summed E-state index contributed by atoms with van der Waals surface area (Å²) in [7, 11) is 0. The summed E-state index contributed by atoms with van der Waals surface area (Å²) in [6.45, 7) is 0.851. The molecule has 0 bridgehead atoms. The molecule has 0 aromatic heterocycles. The number of alkyl halides is 3. The number of amides is 1. The van der Waals surface area contributed by atoms with Crippen LogP contribution in [0.2, 0.25) is 5.02 Å². The van der Waals surface area contributed by atoms with Crippen molar-refractivity contribution in [2.75, 3.05) is 32.7 Å². The number of halogens is 5. The van der Waals surface area contributed by atoms with E-state index in [4.69, 9.17) is 11.6 Å². The third-order valence-corrected chi connectivity index (χ3v) is 4.22. The first-order chi connectivity index (χ1) is 11.3. The Hall–Kier alpha value is -1.38. The lowest BCUT2D eigenvalue weighted by atomic mass is 10.1. The van der Waals surface area contributed by atoms with E-state index in [0.717, 1.165) is 6.07 Å². The minimum atomic E-state index is -4.46. The van der Waals surface area contributed by atoms with Gasteiger partial charge in [-0.15, -0.1) is 0 Å². The third kappa shape index (κ3) is 5.06. The van der Waals surface area contributed by atoms with Gasteiger partial charge in [-0.05, 0) is 12.1 Å². The van der Waals surface area contributed by atoms with Crippen molar-refractivity contribution in [2.45, 2.75) is 18.6 Å². The molecule has 1 aliphatic heterocycles. The summed E-state index contributed by atoms with van der Waals surface area (Å²) in [4.78, 5) is 13.2. The van der Waals surface area contributed by atoms with Crippen LogP contribution in [-0.4, -0.2) is 55.7 Å². The largest absolute Gasteiger partial charge is 0.405 e. The molecule has 1 aromatic rings. The van der Waals surface area contributed by atoms with Gasteiger partial charge in [0.1, 0.15) is 11.9 Å². The van der Waals surface area contributed by atoms with Crippen molar-refractivity contribution in [3.8, 4) is 0 Å². The Bertz CT molecular complexity index is 556. The number of carbonyl (C=O) groups is 1. The van der Waals surface area contributed by atoms with Gasteiger partial charge in [-0.3, -0.25) is 9.69 Å². The standard InChI is InChI=1S/C15H18ClF4N3O/c16-11-2-1-3-12(17)10(11)8-14(24)22-9-13(15(18,19)20)23-6-4-21-5-7-23/h1-3,13,21H,4-9H2,(H,22,24). The number of hydrogen-bond acceptors (Lipinski definition) is 3. The predicted octanol–water partition coefficient (Wildman–Crippen LogP) is 1.97. The summed E-state index contributed by atoms with van der Waals surface area (Å²) in [5, 5.41) is 5.29. The SMILES string of the molecule is O=C(Cc1c(F)cccc1Cl)NCC(N1CCNCC1)C(F)(F)F. The van der Waals surface area contributed by atoms with Gasteiger partial charge in [0, 0.05) is 43.3 Å². The van der Waals surface area contributed by atoms with Crippen molar-refractivity contribution in [2.24, 2.45) is 0 Å². The second-order valence-electron chi connectivity index (χ2n) is 5.52. The molecule has 1 unspecified atom stereocenters. The molecular formula is C15H18ClF4N3O. The number of carbonyl (C=O) groups excluding carboxylic acids is 1. The Kier molecular flexibility index (Phi) is 6.42. The first-order valence-electron chi connectivity index (χ1n) is 7.50. The topological polar surface area (TPSA) is 44.4 Å². The summed E-state index contributed by atoms with van der Waals surface area (Å²) < 4.78 is 53.3. The average Bonchev–Trinajstić information content (AvgIpc) is 2.51. The van der Waals surface area contributed by atoms with E-state index in [1.165, 1.54) is 17.0 Å². The summed E-state index contributed by atoms with van der Waals surface area (Å²) >= 11 is 5.82. The van der Waals surface area contributed by atoms with Gasteiger partial charge in [-0.1, -0.05) is 17.7 Å². The fourth-order valence-corrected chi connectivity index (χ4v) is 2.81. The van der Waals surface area contributed by atoms with Crippen LogP contribution in [0, 0.1) is 5.82 Å². The molecule has 0 aliphatic carbocycles. The van der Waals surface area contributed by atoms with E-state index >= 15 is 0 Å². The Morgan fingerprint density at radius 2 is 2.00 bits per heavy atom. The first kappa shape index (κ1) is 19.0. The Balaban J connectivity index is 1.97. The molecule has 1 saturated heterocycles. The van der Waals surface area contributed by atoms with Gasteiger partial charge in [0.15, 0.2) is 0 Å². The molecule has 0 radical (unpaired) electrons. The van der Waals surface area contributed by atoms with E-state index in [0.29, 0.717) is 13.1 Å². The van der Waals surface area contributed by atoms with Crippen LogP contribution in [0.5, 0.6) is 0 Å². The zero-order valence-electron chi connectivity index (χ0n) is 12.8. The lowest BCUT2D eigenvalue weighted by Gasteiger charge is -2.35. The lowest BCUT2D eigenvalue weighted by Crippen LogP contribution is -2.57. The van der Waals surface area contributed by atoms with E-state index in [1.807, 2.05) is 0 Å². The molecule has 1 atom stereocenters. The quantitative estimate of drug-likeness (QED) is 0.782. The monoisotopic (exact) mass is 367 g/mol. The normalized spacial score (nSPS) is 17.5. The van der Waals surface area contributed by atoms with Crippen molar-refractivity contribution in [1.29, 1.82) is 0 Å². The van der Waals surface area contributed by atoms with Crippen molar-refractivity contribution in [1.82, 2.24) is 15.5 Å². The molecule has 9 heteroatoms. The summed E-state index contributed by atoms with van der Waals surface area (Å²) in [6, 6.07) is 2.20. The van der Waals surface area contributed by atoms with E-state index in [1.54, 1.807) is 0 Å². The zero-order chi connectivity index (χ0) is 17.7. The lowest BCUT2D eigenvalue weighted by molar-refractivity contribution is -0.184. The number of benzene rings is 1. The molecule has 2 rings (SSSR count). The molecule has 1 aliphatic rings. The predicted molar refractivity (Wildman–Crippen MR) is 82.4 cm³/mol. The maximum Gasteiger partial charge on any atom is 0.405 e. The maximum atomic E-state index is 13.6. The molecular weight excluding hydrogens is 350 g/mol. The van der Waals surface area contributed by atoms with E-state index in [9.17, 15) is 22.4 Å². The van der Waals surface area contributed by atoms with Crippen LogP contribution in [0.4, 0.5) is 17.6 Å².